The molecular formula is C15H17N3O2. The maximum absolute atomic E-state index is 6.37. The molecule has 104 valence electrons. The summed E-state index contributed by atoms with van der Waals surface area (Å²) >= 11 is 0. The molecule has 0 radical (unpaired) electrons. The molecular weight excluding hydrogens is 254 g/mol. The third-order valence-corrected chi connectivity index (χ3v) is 4.38. The van der Waals surface area contributed by atoms with Crippen LogP contribution in [0.4, 0.5) is 0 Å². The van der Waals surface area contributed by atoms with E-state index >= 15 is 0 Å². The zero-order chi connectivity index (χ0) is 13.6. The SMILES string of the molecule is NC1(c2noc(C3COc4ccccc43)n2)CCCC1. The van der Waals surface area contributed by atoms with Crippen molar-refractivity contribution >= 4 is 0 Å². The highest BCUT2D eigenvalue weighted by Gasteiger charge is 2.38. The fraction of sp³-hybridized carbons (Fsp3) is 0.467. The summed E-state index contributed by atoms with van der Waals surface area (Å²) in [6, 6.07) is 7.98. The topological polar surface area (TPSA) is 74.2 Å². The van der Waals surface area contributed by atoms with Crippen LogP contribution in [0.2, 0.25) is 0 Å². The number of ether oxygens (including phenoxy) is 1. The third-order valence-electron chi connectivity index (χ3n) is 4.38. The minimum Gasteiger partial charge on any atom is -0.492 e. The van der Waals surface area contributed by atoms with Crippen LogP contribution in [0.5, 0.6) is 5.75 Å². The largest absolute Gasteiger partial charge is 0.492 e. The van der Waals surface area contributed by atoms with Crippen LogP contribution in [0.1, 0.15) is 48.9 Å². The van der Waals surface area contributed by atoms with E-state index in [4.69, 9.17) is 15.0 Å². The Hall–Kier alpha value is -1.88. The number of hydrogen-bond donors (Lipinski definition) is 1. The second-order valence-electron chi connectivity index (χ2n) is 5.72. The normalized spacial score (nSPS) is 23.6. The molecule has 1 aliphatic carbocycles. The summed E-state index contributed by atoms with van der Waals surface area (Å²) in [7, 11) is 0. The number of fused-ring (bicyclic) bond motifs is 1. The van der Waals surface area contributed by atoms with Crippen LogP contribution in [0.15, 0.2) is 28.8 Å². The van der Waals surface area contributed by atoms with Crippen molar-refractivity contribution in [1.82, 2.24) is 10.1 Å². The minimum absolute atomic E-state index is 0.0254. The lowest BCUT2D eigenvalue weighted by molar-refractivity contribution is 0.301. The average Bonchev–Trinajstić information content (AvgIpc) is 3.16. The lowest BCUT2D eigenvalue weighted by Gasteiger charge is -2.17. The van der Waals surface area contributed by atoms with Gasteiger partial charge in [-0.1, -0.05) is 36.2 Å². The molecule has 0 amide bonds. The van der Waals surface area contributed by atoms with Gasteiger partial charge in [0.15, 0.2) is 5.82 Å². The Morgan fingerprint density at radius 3 is 2.85 bits per heavy atom. The van der Waals surface area contributed by atoms with Crippen LogP contribution >= 0.6 is 0 Å². The molecule has 0 saturated heterocycles. The van der Waals surface area contributed by atoms with Crippen molar-refractivity contribution in [2.45, 2.75) is 37.1 Å². The molecule has 1 saturated carbocycles. The van der Waals surface area contributed by atoms with Gasteiger partial charge in [-0.05, 0) is 18.9 Å². The van der Waals surface area contributed by atoms with Crippen molar-refractivity contribution in [2.24, 2.45) is 5.73 Å². The Balaban J connectivity index is 1.66. The summed E-state index contributed by atoms with van der Waals surface area (Å²) in [4.78, 5) is 4.56. The van der Waals surface area contributed by atoms with Gasteiger partial charge in [-0.2, -0.15) is 4.98 Å². The van der Waals surface area contributed by atoms with Crippen molar-refractivity contribution in [3.05, 3.63) is 41.5 Å². The molecule has 1 aromatic carbocycles. The highest BCUT2D eigenvalue weighted by Crippen LogP contribution is 2.39. The third kappa shape index (κ3) is 1.73. The molecule has 2 N–H and O–H groups in total. The molecule has 2 aromatic rings. The number of rotatable bonds is 2. The van der Waals surface area contributed by atoms with E-state index in [1.165, 1.54) is 0 Å². The first-order valence-electron chi connectivity index (χ1n) is 7.11. The molecule has 2 heterocycles. The predicted octanol–water partition coefficient (Wildman–Crippen LogP) is 2.32. The first-order chi connectivity index (χ1) is 9.76. The number of nitrogens with zero attached hydrogens (tertiary/aromatic N) is 2. The van der Waals surface area contributed by atoms with Gasteiger partial charge < -0.3 is 15.0 Å². The molecule has 20 heavy (non-hydrogen) atoms. The highest BCUT2D eigenvalue weighted by molar-refractivity contribution is 5.42. The van der Waals surface area contributed by atoms with Gasteiger partial charge >= 0.3 is 0 Å². The van der Waals surface area contributed by atoms with Gasteiger partial charge in [0.1, 0.15) is 18.3 Å². The van der Waals surface area contributed by atoms with Gasteiger partial charge in [0, 0.05) is 5.56 Å². The van der Waals surface area contributed by atoms with Crippen molar-refractivity contribution < 1.29 is 9.26 Å². The molecule has 0 spiro atoms. The van der Waals surface area contributed by atoms with Gasteiger partial charge in [-0.25, -0.2) is 0 Å². The fourth-order valence-corrected chi connectivity index (χ4v) is 3.18. The number of hydrogen-bond acceptors (Lipinski definition) is 5. The Labute approximate surface area is 117 Å². The van der Waals surface area contributed by atoms with Gasteiger partial charge in [-0.15, -0.1) is 0 Å². The van der Waals surface area contributed by atoms with E-state index in [-0.39, 0.29) is 5.92 Å². The summed E-state index contributed by atoms with van der Waals surface area (Å²) in [5.74, 6) is 2.19. The van der Waals surface area contributed by atoms with E-state index in [0.29, 0.717) is 18.3 Å². The molecule has 1 atom stereocenters. The first-order valence-corrected chi connectivity index (χ1v) is 7.11. The number of para-hydroxylation sites is 1. The van der Waals surface area contributed by atoms with Gasteiger partial charge in [-0.3, -0.25) is 0 Å². The molecule has 5 heteroatoms. The minimum atomic E-state index is -0.402. The molecule has 1 aliphatic heterocycles. The second kappa shape index (κ2) is 4.31. The van der Waals surface area contributed by atoms with E-state index in [2.05, 4.69) is 10.1 Å². The Kier molecular flexibility index (Phi) is 2.57. The second-order valence-corrected chi connectivity index (χ2v) is 5.72. The number of benzene rings is 1. The fourth-order valence-electron chi connectivity index (χ4n) is 3.18. The van der Waals surface area contributed by atoms with E-state index in [9.17, 15) is 0 Å². The maximum atomic E-state index is 6.37. The molecule has 5 nitrogen and oxygen atoms in total. The van der Waals surface area contributed by atoms with Crippen molar-refractivity contribution in [3.8, 4) is 5.75 Å². The van der Waals surface area contributed by atoms with Gasteiger partial charge in [0.2, 0.25) is 5.89 Å². The van der Waals surface area contributed by atoms with Gasteiger partial charge in [0.05, 0.1) is 5.54 Å². The van der Waals surface area contributed by atoms with Crippen LogP contribution in [-0.2, 0) is 5.54 Å². The van der Waals surface area contributed by atoms with E-state index in [1.54, 1.807) is 0 Å². The zero-order valence-corrected chi connectivity index (χ0v) is 11.2. The Bertz CT molecular complexity index is 632. The lowest BCUT2D eigenvalue weighted by atomic mass is 9.98. The van der Waals surface area contributed by atoms with Gasteiger partial charge in [0.25, 0.3) is 0 Å². The van der Waals surface area contributed by atoms with E-state index < -0.39 is 5.54 Å². The first kappa shape index (κ1) is 11.9. The smallest absolute Gasteiger partial charge is 0.237 e. The maximum Gasteiger partial charge on any atom is 0.237 e. The predicted molar refractivity (Wildman–Crippen MR) is 72.4 cm³/mol. The number of aromatic nitrogens is 2. The number of nitrogens with two attached hydrogens (primary N) is 1. The summed E-state index contributed by atoms with van der Waals surface area (Å²) < 4.78 is 11.1. The monoisotopic (exact) mass is 271 g/mol. The van der Waals surface area contributed by atoms with Crippen LogP contribution in [0.3, 0.4) is 0 Å². The van der Waals surface area contributed by atoms with Crippen LogP contribution in [-0.4, -0.2) is 16.7 Å². The molecule has 2 aliphatic rings. The lowest BCUT2D eigenvalue weighted by Crippen LogP contribution is -2.34. The summed E-state index contributed by atoms with van der Waals surface area (Å²) in [6.07, 6.45) is 4.14. The van der Waals surface area contributed by atoms with Crippen molar-refractivity contribution in [3.63, 3.8) is 0 Å². The van der Waals surface area contributed by atoms with Crippen molar-refractivity contribution in [2.75, 3.05) is 6.61 Å². The average molecular weight is 271 g/mol. The van der Waals surface area contributed by atoms with Crippen LogP contribution in [0, 0.1) is 0 Å². The summed E-state index contributed by atoms with van der Waals surface area (Å²) in [5.41, 5.74) is 7.08. The standard InChI is InChI=1S/C15H17N3O2/c16-15(7-3-4-8-15)14-17-13(20-18-14)11-9-19-12-6-2-1-5-10(11)12/h1-2,5-6,11H,3-4,7-9,16H2. The summed E-state index contributed by atoms with van der Waals surface area (Å²) in [5, 5.41) is 4.12. The highest BCUT2D eigenvalue weighted by atomic mass is 16.5. The molecule has 4 rings (SSSR count). The Morgan fingerprint density at radius 2 is 2.00 bits per heavy atom. The molecule has 1 unspecified atom stereocenters. The van der Waals surface area contributed by atoms with Crippen LogP contribution < -0.4 is 10.5 Å². The summed E-state index contributed by atoms with van der Waals surface area (Å²) in [6.45, 7) is 0.554. The van der Waals surface area contributed by atoms with E-state index in [1.807, 2.05) is 24.3 Å². The zero-order valence-electron chi connectivity index (χ0n) is 11.2. The Morgan fingerprint density at radius 1 is 1.20 bits per heavy atom. The van der Waals surface area contributed by atoms with Crippen LogP contribution in [0.25, 0.3) is 0 Å². The molecule has 1 aromatic heterocycles. The van der Waals surface area contributed by atoms with E-state index in [0.717, 1.165) is 37.0 Å². The molecule has 0 bridgehead atoms. The quantitative estimate of drug-likeness (QED) is 0.907. The molecule has 1 fully saturated rings. The van der Waals surface area contributed by atoms with Crippen molar-refractivity contribution in [1.29, 1.82) is 0 Å².